The molecule has 206 valence electrons. The van der Waals surface area contributed by atoms with Gasteiger partial charge >= 0.3 is 0 Å². The first-order valence-electron chi connectivity index (χ1n) is 13.7. The van der Waals surface area contributed by atoms with Gasteiger partial charge in [-0.3, -0.25) is 9.59 Å². The third-order valence-corrected chi connectivity index (χ3v) is 8.33. The monoisotopic (exact) mass is 654 g/mol. The van der Waals surface area contributed by atoms with Gasteiger partial charge in [0.05, 0.1) is 4.47 Å². The number of carbonyl (C=O) groups is 2. The van der Waals surface area contributed by atoms with E-state index in [1.165, 1.54) is 12.0 Å². The molecule has 7 heteroatoms. The zero-order valence-corrected chi connectivity index (χ0v) is 25.5. The van der Waals surface area contributed by atoms with Gasteiger partial charge in [0.25, 0.3) is 5.91 Å². The van der Waals surface area contributed by atoms with Crippen LogP contribution in [0, 0.1) is 0 Å². The Morgan fingerprint density at radius 2 is 1.67 bits per heavy atom. The number of nitrogens with one attached hydrogen (secondary N) is 1. The fourth-order valence-corrected chi connectivity index (χ4v) is 6.02. The van der Waals surface area contributed by atoms with E-state index in [-0.39, 0.29) is 24.5 Å². The van der Waals surface area contributed by atoms with Gasteiger partial charge in [-0.05, 0) is 76.1 Å². The van der Waals surface area contributed by atoms with Crippen LogP contribution >= 0.6 is 31.9 Å². The van der Waals surface area contributed by atoms with Gasteiger partial charge in [-0.15, -0.1) is 0 Å². The van der Waals surface area contributed by atoms with Crippen LogP contribution in [0.25, 0.3) is 0 Å². The Balaban J connectivity index is 1.61. The third-order valence-electron chi connectivity index (χ3n) is 7.22. The maximum atomic E-state index is 13.9. The molecule has 0 unspecified atom stereocenters. The minimum atomic E-state index is -0.671. The minimum Gasteiger partial charge on any atom is -0.483 e. The lowest BCUT2D eigenvalue weighted by atomic mass is 9.94. The van der Waals surface area contributed by atoms with Gasteiger partial charge in [-0.25, -0.2) is 0 Å². The van der Waals surface area contributed by atoms with E-state index >= 15 is 0 Å². The number of benzene rings is 3. The maximum absolute atomic E-state index is 13.9. The van der Waals surface area contributed by atoms with Crippen molar-refractivity contribution in [1.29, 1.82) is 0 Å². The number of rotatable bonds is 11. The van der Waals surface area contributed by atoms with Crippen LogP contribution in [0.1, 0.15) is 55.7 Å². The first-order chi connectivity index (χ1) is 18.9. The van der Waals surface area contributed by atoms with Crippen molar-refractivity contribution in [2.75, 3.05) is 6.61 Å². The fraction of sp³-hybridized carbons (Fsp3) is 0.375. The van der Waals surface area contributed by atoms with Crippen molar-refractivity contribution in [3.05, 3.63) is 98.4 Å². The van der Waals surface area contributed by atoms with Crippen LogP contribution in [0.15, 0.2) is 81.7 Å². The lowest BCUT2D eigenvalue weighted by Gasteiger charge is -2.33. The van der Waals surface area contributed by atoms with Crippen LogP contribution in [0.3, 0.4) is 0 Å². The molecule has 0 bridgehead atoms. The quantitative estimate of drug-likeness (QED) is 0.237. The highest BCUT2D eigenvalue weighted by Gasteiger charge is 2.32. The van der Waals surface area contributed by atoms with Crippen LogP contribution < -0.4 is 10.1 Å². The van der Waals surface area contributed by atoms with E-state index in [0.717, 1.165) is 52.2 Å². The van der Waals surface area contributed by atoms with E-state index in [1.54, 1.807) is 4.90 Å². The molecule has 0 aliphatic heterocycles. The number of hydrogen-bond donors (Lipinski definition) is 1. The van der Waals surface area contributed by atoms with Crippen LogP contribution in [0.5, 0.6) is 5.75 Å². The number of aryl methyl sites for hydroxylation is 1. The number of hydrogen-bond acceptors (Lipinski definition) is 3. The van der Waals surface area contributed by atoms with Crippen molar-refractivity contribution >= 4 is 43.7 Å². The summed E-state index contributed by atoms with van der Waals surface area (Å²) < 4.78 is 7.73. The molecule has 39 heavy (non-hydrogen) atoms. The molecule has 4 rings (SSSR count). The zero-order chi connectivity index (χ0) is 27.6. The SMILES string of the molecule is CCc1ccc(OCC(=O)N(Cc2cccc(Br)c2)[C@@H](Cc2ccccc2)C(=O)NC2CCCCC2)c(Br)c1. The van der Waals surface area contributed by atoms with E-state index in [0.29, 0.717) is 18.7 Å². The highest BCUT2D eigenvalue weighted by molar-refractivity contribution is 9.10. The molecule has 0 spiro atoms. The Bertz CT molecular complexity index is 1250. The Hall–Kier alpha value is -2.64. The smallest absolute Gasteiger partial charge is 0.261 e. The Kier molecular flexibility index (Phi) is 11.0. The molecule has 1 aliphatic carbocycles. The molecular weight excluding hydrogens is 620 g/mol. The van der Waals surface area contributed by atoms with E-state index in [1.807, 2.05) is 72.8 Å². The summed E-state index contributed by atoms with van der Waals surface area (Å²) in [4.78, 5) is 29.4. The topological polar surface area (TPSA) is 58.6 Å². The zero-order valence-electron chi connectivity index (χ0n) is 22.4. The predicted octanol–water partition coefficient (Wildman–Crippen LogP) is 7.24. The highest BCUT2D eigenvalue weighted by atomic mass is 79.9. The summed E-state index contributed by atoms with van der Waals surface area (Å²) in [6.45, 7) is 2.23. The number of amides is 2. The fourth-order valence-electron chi connectivity index (χ4n) is 5.03. The van der Waals surface area contributed by atoms with Gasteiger partial charge < -0.3 is 15.0 Å². The molecule has 3 aromatic carbocycles. The van der Waals surface area contributed by atoms with Gasteiger partial charge in [0.1, 0.15) is 11.8 Å². The summed E-state index contributed by atoms with van der Waals surface area (Å²) in [5.41, 5.74) is 3.13. The standard InChI is InChI=1S/C32H36Br2N2O3/c1-2-23-16-17-30(28(34)19-23)39-22-31(37)36(21-25-12-9-13-26(33)18-25)29(20-24-10-5-3-6-11-24)32(38)35-27-14-7-4-8-15-27/h3,5-6,9-13,16-19,27,29H,2,4,7-8,14-15,20-22H2,1H3,(H,35,38)/t29-/m0/s1. The van der Waals surface area contributed by atoms with Gasteiger partial charge in [-0.2, -0.15) is 0 Å². The first-order valence-corrected chi connectivity index (χ1v) is 15.3. The predicted molar refractivity (Wildman–Crippen MR) is 163 cm³/mol. The van der Waals surface area contributed by atoms with Crippen LogP contribution in [-0.4, -0.2) is 35.4 Å². The summed E-state index contributed by atoms with van der Waals surface area (Å²) in [7, 11) is 0. The second-order valence-corrected chi connectivity index (χ2v) is 11.9. The van der Waals surface area contributed by atoms with Crippen molar-refractivity contribution in [3.63, 3.8) is 0 Å². The molecule has 0 radical (unpaired) electrons. The second kappa shape index (κ2) is 14.7. The minimum absolute atomic E-state index is 0.109. The summed E-state index contributed by atoms with van der Waals surface area (Å²) in [5.74, 6) is 0.262. The molecule has 0 aromatic heterocycles. The van der Waals surface area contributed by atoms with Crippen molar-refractivity contribution in [1.82, 2.24) is 10.2 Å². The Labute approximate surface area is 248 Å². The molecule has 0 heterocycles. The molecule has 3 aromatic rings. The molecule has 0 saturated heterocycles. The van der Waals surface area contributed by atoms with Crippen LogP contribution in [-0.2, 0) is 29.0 Å². The lowest BCUT2D eigenvalue weighted by Crippen LogP contribution is -2.53. The second-order valence-electron chi connectivity index (χ2n) is 10.1. The average Bonchev–Trinajstić information content (AvgIpc) is 2.95. The molecule has 1 N–H and O–H groups in total. The molecular formula is C32H36Br2N2O3. The van der Waals surface area contributed by atoms with Crippen molar-refractivity contribution in [3.8, 4) is 5.75 Å². The average molecular weight is 656 g/mol. The highest BCUT2D eigenvalue weighted by Crippen LogP contribution is 2.27. The van der Waals surface area contributed by atoms with Gasteiger partial charge in [0.15, 0.2) is 6.61 Å². The van der Waals surface area contributed by atoms with E-state index in [4.69, 9.17) is 4.74 Å². The normalized spacial score (nSPS) is 14.4. The van der Waals surface area contributed by atoms with E-state index in [2.05, 4.69) is 44.1 Å². The largest absolute Gasteiger partial charge is 0.483 e. The molecule has 1 saturated carbocycles. The summed E-state index contributed by atoms with van der Waals surface area (Å²) >= 11 is 7.11. The number of halogens is 2. The molecule has 1 fully saturated rings. The molecule has 1 atom stereocenters. The third kappa shape index (κ3) is 8.67. The number of carbonyl (C=O) groups excluding carboxylic acids is 2. The molecule has 2 amide bonds. The number of ether oxygens (including phenoxy) is 1. The van der Waals surface area contributed by atoms with Crippen molar-refractivity contribution in [2.45, 2.75) is 70.5 Å². The van der Waals surface area contributed by atoms with Crippen molar-refractivity contribution in [2.24, 2.45) is 0 Å². The lowest BCUT2D eigenvalue weighted by molar-refractivity contribution is -0.143. The van der Waals surface area contributed by atoms with Gasteiger partial charge in [0, 0.05) is 23.5 Å². The van der Waals surface area contributed by atoms with Crippen LogP contribution in [0.4, 0.5) is 0 Å². The van der Waals surface area contributed by atoms with E-state index < -0.39 is 6.04 Å². The summed E-state index contributed by atoms with van der Waals surface area (Å²) in [5, 5.41) is 3.28. The first kappa shape index (κ1) is 29.3. The Morgan fingerprint density at radius 1 is 0.923 bits per heavy atom. The van der Waals surface area contributed by atoms with E-state index in [9.17, 15) is 9.59 Å². The van der Waals surface area contributed by atoms with Crippen molar-refractivity contribution < 1.29 is 14.3 Å². The Morgan fingerprint density at radius 3 is 2.36 bits per heavy atom. The number of nitrogens with zero attached hydrogens (tertiary/aromatic N) is 1. The summed E-state index contributed by atoms with van der Waals surface area (Å²) in [6, 6.07) is 23.1. The van der Waals surface area contributed by atoms with Crippen LogP contribution in [0.2, 0.25) is 0 Å². The van der Waals surface area contributed by atoms with Gasteiger partial charge in [0.2, 0.25) is 5.91 Å². The molecule has 1 aliphatic rings. The van der Waals surface area contributed by atoms with Gasteiger partial charge in [-0.1, -0.05) is 90.6 Å². The molecule has 5 nitrogen and oxygen atoms in total. The summed E-state index contributed by atoms with van der Waals surface area (Å²) in [6.07, 6.45) is 6.74. The maximum Gasteiger partial charge on any atom is 0.261 e.